The molecule has 158 valence electrons. The summed E-state index contributed by atoms with van der Waals surface area (Å²) >= 11 is 1.48. The van der Waals surface area contributed by atoms with Crippen LogP contribution in [0.1, 0.15) is 39.0 Å². The molecule has 1 aromatic carbocycles. The Morgan fingerprint density at radius 1 is 1.23 bits per heavy atom. The van der Waals surface area contributed by atoms with E-state index in [1.54, 1.807) is 6.20 Å². The number of hydrogen-bond acceptors (Lipinski definition) is 5. The third kappa shape index (κ3) is 4.61. The van der Waals surface area contributed by atoms with Gasteiger partial charge in [0.1, 0.15) is 10.8 Å². The first-order chi connectivity index (χ1) is 14.7. The Labute approximate surface area is 181 Å². The Morgan fingerprint density at radius 2 is 2.00 bits per heavy atom. The van der Waals surface area contributed by atoms with Gasteiger partial charge in [-0.15, -0.1) is 0 Å². The predicted octanol–water partition coefficient (Wildman–Crippen LogP) is 4.68. The smallest absolute Gasteiger partial charge is 0.232 e. The number of amides is 1. The normalized spacial score (nSPS) is 14.7. The lowest BCUT2D eigenvalue weighted by molar-refractivity contribution is -0.129. The highest BCUT2D eigenvalue weighted by Gasteiger charge is 2.22. The van der Waals surface area contributed by atoms with Crippen LogP contribution >= 0.6 is 11.8 Å². The van der Waals surface area contributed by atoms with E-state index in [1.165, 1.54) is 31.0 Å². The van der Waals surface area contributed by atoms with Gasteiger partial charge in [0.05, 0.1) is 23.6 Å². The van der Waals surface area contributed by atoms with Gasteiger partial charge in [0, 0.05) is 31.0 Å². The number of carbonyl (C=O) groups excluding carboxylic acids is 1. The monoisotopic (exact) mass is 424 g/mol. The SMILES string of the molecule is CCOc1ccc(-c2cc3c(SCC(=O)N(C)C4CCCCC4)nccn3n2)cc1. The highest BCUT2D eigenvalue weighted by Crippen LogP contribution is 2.28. The summed E-state index contributed by atoms with van der Waals surface area (Å²) in [5.74, 6) is 1.41. The van der Waals surface area contributed by atoms with Crippen molar-refractivity contribution in [1.82, 2.24) is 19.5 Å². The van der Waals surface area contributed by atoms with Gasteiger partial charge in [0.15, 0.2) is 0 Å². The Bertz CT molecular complexity index is 996. The summed E-state index contributed by atoms with van der Waals surface area (Å²) in [6.07, 6.45) is 9.55. The van der Waals surface area contributed by atoms with Crippen molar-refractivity contribution in [3.05, 3.63) is 42.7 Å². The van der Waals surface area contributed by atoms with E-state index in [1.807, 2.05) is 59.9 Å². The van der Waals surface area contributed by atoms with Gasteiger partial charge >= 0.3 is 0 Å². The van der Waals surface area contributed by atoms with Crippen LogP contribution < -0.4 is 4.74 Å². The molecule has 1 amide bonds. The van der Waals surface area contributed by atoms with Crippen LogP contribution in [0.2, 0.25) is 0 Å². The molecule has 0 unspecified atom stereocenters. The Hall–Kier alpha value is -2.54. The van der Waals surface area contributed by atoms with Crippen molar-refractivity contribution in [2.75, 3.05) is 19.4 Å². The third-order valence-corrected chi connectivity index (χ3v) is 6.64. The zero-order valence-electron chi connectivity index (χ0n) is 17.6. The summed E-state index contributed by atoms with van der Waals surface area (Å²) in [7, 11) is 1.94. The maximum Gasteiger partial charge on any atom is 0.232 e. The van der Waals surface area contributed by atoms with Crippen molar-refractivity contribution in [3.63, 3.8) is 0 Å². The molecule has 1 saturated carbocycles. The summed E-state index contributed by atoms with van der Waals surface area (Å²) in [5.41, 5.74) is 2.81. The van der Waals surface area contributed by atoms with Crippen molar-refractivity contribution in [2.45, 2.75) is 50.1 Å². The van der Waals surface area contributed by atoms with Gasteiger partial charge in [-0.1, -0.05) is 31.0 Å². The van der Waals surface area contributed by atoms with Crippen LogP contribution in [0.15, 0.2) is 47.8 Å². The molecule has 0 atom stereocenters. The summed E-state index contributed by atoms with van der Waals surface area (Å²) in [6, 6.07) is 10.3. The van der Waals surface area contributed by atoms with E-state index in [-0.39, 0.29) is 5.91 Å². The molecule has 0 radical (unpaired) electrons. The van der Waals surface area contributed by atoms with Crippen LogP contribution in [0.4, 0.5) is 0 Å². The molecule has 1 aliphatic rings. The summed E-state index contributed by atoms with van der Waals surface area (Å²) in [4.78, 5) is 19.2. The van der Waals surface area contributed by atoms with E-state index >= 15 is 0 Å². The van der Waals surface area contributed by atoms with Gasteiger partial charge in [-0.25, -0.2) is 9.50 Å². The average molecular weight is 425 g/mol. The largest absolute Gasteiger partial charge is 0.494 e. The number of ether oxygens (including phenoxy) is 1. The maximum atomic E-state index is 12.7. The minimum atomic E-state index is 0.168. The molecule has 30 heavy (non-hydrogen) atoms. The van der Waals surface area contributed by atoms with Gasteiger partial charge < -0.3 is 9.64 Å². The second-order valence-corrected chi connectivity index (χ2v) is 8.60. The average Bonchev–Trinajstić information content (AvgIpc) is 3.23. The lowest BCUT2D eigenvalue weighted by Gasteiger charge is -2.31. The summed E-state index contributed by atoms with van der Waals surface area (Å²) in [5, 5.41) is 5.51. The first-order valence-electron chi connectivity index (χ1n) is 10.6. The third-order valence-electron chi connectivity index (χ3n) is 5.66. The second-order valence-electron chi connectivity index (χ2n) is 7.63. The fraction of sp³-hybridized carbons (Fsp3) is 0.435. The highest BCUT2D eigenvalue weighted by atomic mass is 32.2. The number of thioether (sulfide) groups is 1. The molecule has 2 heterocycles. The number of nitrogens with zero attached hydrogens (tertiary/aromatic N) is 4. The molecule has 0 N–H and O–H groups in total. The van der Waals surface area contributed by atoms with Crippen molar-refractivity contribution < 1.29 is 9.53 Å². The van der Waals surface area contributed by atoms with E-state index < -0.39 is 0 Å². The lowest BCUT2D eigenvalue weighted by atomic mass is 9.94. The molecular weight excluding hydrogens is 396 g/mol. The quantitative estimate of drug-likeness (QED) is 0.516. The standard InChI is InChI=1S/C23H28N4O2S/c1-3-29-19-11-9-17(10-12-19)20-15-21-23(24-13-14-27(21)25-20)30-16-22(28)26(2)18-7-5-4-6-8-18/h9-15,18H,3-8,16H2,1-2H3. The van der Waals surface area contributed by atoms with Crippen molar-refractivity contribution in [3.8, 4) is 17.0 Å². The number of rotatable bonds is 7. The zero-order valence-corrected chi connectivity index (χ0v) is 18.4. The molecule has 3 aromatic rings. The lowest BCUT2D eigenvalue weighted by Crippen LogP contribution is -2.39. The van der Waals surface area contributed by atoms with Crippen LogP contribution in [0.3, 0.4) is 0 Å². The number of benzene rings is 1. The maximum absolute atomic E-state index is 12.7. The molecular formula is C23H28N4O2S. The first-order valence-corrected chi connectivity index (χ1v) is 11.6. The molecule has 0 bridgehead atoms. The van der Waals surface area contributed by atoms with Crippen LogP contribution in [0.5, 0.6) is 5.75 Å². The number of carbonyl (C=O) groups is 1. The Morgan fingerprint density at radius 3 is 2.73 bits per heavy atom. The molecule has 7 heteroatoms. The van der Waals surface area contributed by atoms with Crippen LogP contribution in [-0.4, -0.2) is 50.9 Å². The van der Waals surface area contributed by atoms with E-state index in [0.29, 0.717) is 18.4 Å². The van der Waals surface area contributed by atoms with E-state index in [4.69, 9.17) is 4.74 Å². The summed E-state index contributed by atoms with van der Waals surface area (Å²) in [6.45, 7) is 2.62. The highest BCUT2D eigenvalue weighted by molar-refractivity contribution is 8.00. The van der Waals surface area contributed by atoms with Crippen molar-refractivity contribution in [2.24, 2.45) is 0 Å². The molecule has 0 aliphatic heterocycles. The fourth-order valence-corrected chi connectivity index (χ4v) is 4.84. The minimum absolute atomic E-state index is 0.168. The number of aromatic nitrogens is 3. The molecule has 1 aliphatic carbocycles. The second kappa shape index (κ2) is 9.51. The van der Waals surface area contributed by atoms with Crippen molar-refractivity contribution >= 4 is 23.2 Å². The minimum Gasteiger partial charge on any atom is -0.494 e. The molecule has 2 aromatic heterocycles. The van der Waals surface area contributed by atoms with Gasteiger partial charge in [0.25, 0.3) is 0 Å². The van der Waals surface area contributed by atoms with Crippen LogP contribution in [-0.2, 0) is 4.79 Å². The van der Waals surface area contributed by atoms with E-state index in [2.05, 4.69) is 10.1 Å². The van der Waals surface area contributed by atoms with Gasteiger partial charge in [-0.2, -0.15) is 5.10 Å². The van der Waals surface area contributed by atoms with Crippen molar-refractivity contribution in [1.29, 1.82) is 0 Å². The first kappa shape index (κ1) is 20.7. The number of fused-ring (bicyclic) bond motifs is 1. The molecule has 0 saturated heterocycles. The fourth-order valence-electron chi connectivity index (χ4n) is 3.94. The van der Waals surface area contributed by atoms with Crippen LogP contribution in [0, 0.1) is 0 Å². The summed E-state index contributed by atoms with van der Waals surface area (Å²) < 4.78 is 7.35. The molecule has 6 nitrogen and oxygen atoms in total. The topological polar surface area (TPSA) is 59.7 Å². The predicted molar refractivity (Wildman–Crippen MR) is 120 cm³/mol. The van der Waals surface area contributed by atoms with Gasteiger partial charge in [-0.3, -0.25) is 4.79 Å². The van der Waals surface area contributed by atoms with Crippen LogP contribution in [0.25, 0.3) is 16.8 Å². The van der Waals surface area contributed by atoms with Gasteiger partial charge in [-0.05, 0) is 50.1 Å². The number of hydrogen-bond donors (Lipinski definition) is 0. The molecule has 1 fully saturated rings. The van der Waals surface area contributed by atoms with E-state index in [0.717, 1.165) is 40.4 Å². The Kier molecular flexibility index (Phi) is 6.57. The zero-order chi connectivity index (χ0) is 20.9. The van der Waals surface area contributed by atoms with Gasteiger partial charge in [0.2, 0.25) is 5.91 Å². The molecule has 4 rings (SSSR count). The Balaban J connectivity index is 1.47. The molecule has 0 spiro atoms. The van der Waals surface area contributed by atoms with E-state index in [9.17, 15) is 4.79 Å².